The van der Waals surface area contributed by atoms with E-state index in [1.54, 1.807) is 10.9 Å². The fourth-order valence-corrected chi connectivity index (χ4v) is 4.16. The van der Waals surface area contributed by atoms with Gasteiger partial charge in [0.25, 0.3) is 0 Å². The van der Waals surface area contributed by atoms with Crippen molar-refractivity contribution in [1.82, 2.24) is 29.8 Å². The van der Waals surface area contributed by atoms with Crippen LogP contribution in [0, 0.1) is 0 Å². The molecule has 0 spiro atoms. The van der Waals surface area contributed by atoms with Crippen LogP contribution in [0.2, 0.25) is 0 Å². The number of anilines is 3. The van der Waals surface area contributed by atoms with Gasteiger partial charge in [-0.05, 0) is 54.6 Å². The highest BCUT2D eigenvalue weighted by atomic mass is 16.1. The molecule has 35 heavy (non-hydrogen) atoms. The highest BCUT2D eigenvalue weighted by molar-refractivity contribution is 5.95. The number of rotatable bonds is 6. The van der Waals surface area contributed by atoms with Gasteiger partial charge in [0.15, 0.2) is 5.82 Å². The van der Waals surface area contributed by atoms with E-state index in [-0.39, 0.29) is 12.3 Å². The predicted molar refractivity (Wildman–Crippen MR) is 136 cm³/mol. The highest BCUT2D eigenvalue weighted by Gasteiger charge is 2.13. The minimum atomic E-state index is -0.122. The molecule has 0 atom stereocenters. The average Bonchev–Trinajstić information content (AvgIpc) is 3.58. The number of hydrogen-bond acceptors (Lipinski definition) is 5. The van der Waals surface area contributed by atoms with E-state index in [1.165, 1.54) is 0 Å². The second-order valence-electron chi connectivity index (χ2n) is 8.33. The summed E-state index contributed by atoms with van der Waals surface area (Å²) in [5, 5.41) is 24.6. The lowest BCUT2D eigenvalue weighted by Gasteiger charge is -2.08. The van der Waals surface area contributed by atoms with E-state index in [4.69, 9.17) is 5.10 Å². The van der Waals surface area contributed by atoms with Crippen LogP contribution in [0.4, 0.5) is 17.2 Å². The number of nitrogens with zero attached hydrogens (tertiary/aromatic N) is 5. The number of para-hydroxylation sites is 1. The molecule has 0 unspecified atom stereocenters. The summed E-state index contributed by atoms with van der Waals surface area (Å²) in [4.78, 5) is 12.5. The second-order valence-corrected chi connectivity index (χ2v) is 8.33. The first-order valence-corrected chi connectivity index (χ1v) is 11.2. The Morgan fingerprint density at radius 3 is 2.77 bits per heavy atom. The van der Waals surface area contributed by atoms with Crippen LogP contribution in [-0.2, 0) is 18.3 Å². The molecular weight excluding hydrogens is 440 g/mol. The van der Waals surface area contributed by atoms with Gasteiger partial charge in [0, 0.05) is 35.4 Å². The van der Waals surface area contributed by atoms with Gasteiger partial charge in [-0.25, -0.2) is 4.68 Å². The van der Waals surface area contributed by atoms with Crippen molar-refractivity contribution in [3.05, 3.63) is 90.9 Å². The van der Waals surface area contributed by atoms with Crippen LogP contribution < -0.4 is 10.6 Å². The molecule has 0 fully saturated rings. The molecule has 3 heterocycles. The zero-order chi connectivity index (χ0) is 23.8. The van der Waals surface area contributed by atoms with E-state index in [1.807, 2.05) is 90.7 Å². The first-order chi connectivity index (χ1) is 17.1. The topological polar surface area (TPSA) is 105 Å². The van der Waals surface area contributed by atoms with Crippen molar-refractivity contribution >= 4 is 44.9 Å². The van der Waals surface area contributed by atoms with Crippen molar-refractivity contribution in [2.24, 2.45) is 7.05 Å². The zero-order valence-corrected chi connectivity index (χ0v) is 18.9. The molecule has 0 radical (unpaired) electrons. The van der Waals surface area contributed by atoms with Gasteiger partial charge in [0.05, 0.1) is 35.0 Å². The Balaban J connectivity index is 1.30. The minimum Gasteiger partial charge on any atom is -0.338 e. The van der Waals surface area contributed by atoms with E-state index in [9.17, 15) is 4.79 Å². The zero-order valence-electron chi connectivity index (χ0n) is 18.9. The van der Waals surface area contributed by atoms with Crippen LogP contribution in [0.1, 0.15) is 5.69 Å². The molecule has 1 amide bonds. The Morgan fingerprint density at radius 1 is 0.971 bits per heavy atom. The van der Waals surface area contributed by atoms with Crippen LogP contribution in [0.3, 0.4) is 0 Å². The molecule has 6 aromatic rings. The predicted octanol–water partition coefficient (Wildman–Crippen LogP) is 4.56. The summed E-state index contributed by atoms with van der Waals surface area (Å²) >= 11 is 0. The molecule has 0 aliphatic rings. The van der Waals surface area contributed by atoms with Gasteiger partial charge in [0.1, 0.15) is 0 Å². The Hall–Kier alpha value is -4.92. The standard InChI is InChI=1S/C26H22N8O/c1-33-12-11-20(31-33)15-25(35)28-18-5-4-6-21(14-18)34-24-8-3-2-7-22(24)26(32-34)29-19-9-10-23-17(13-19)16-27-30-23/h2-14,16H,15H2,1H3,(H,27,30)(H,28,35)(H,29,32). The summed E-state index contributed by atoms with van der Waals surface area (Å²) < 4.78 is 3.56. The molecule has 0 bridgehead atoms. The van der Waals surface area contributed by atoms with E-state index >= 15 is 0 Å². The number of aryl methyl sites for hydroxylation is 1. The third kappa shape index (κ3) is 4.10. The normalized spacial score (nSPS) is 11.2. The number of H-pyrrole nitrogens is 1. The van der Waals surface area contributed by atoms with Crippen molar-refractivity contribution in [2.75, 3.05) is 10.6 Å². The molecule has 0 saturated heterocycles. The van der Waals surface area contributed by atoms with Gasteiger partial charge in [-0.2, -0.15) is 10.2 Å². The summed E-state index contributed by atoms with van der Waals surface area (Å²) in [5.74, 6) is 0.621. The average molecular weight is 463 g/mol. The van der Waals surface area contributed by atoms with Crippen LogP contribution in [0.5, 0.6) is 0 Å². The molecule has 9 heteroatoms. The second kappa shape index (κ2) is 8.45. The SMILES string of the molecule is Cn1ccc(CC(=O)Nc2cccc(-n3nc(Nc4ccc5[nH]ncc5c4)c4ccccc43)c2)n1. The van der Waals surface area contributed by atoms with Crippen molar-refractivity contribution in [3.8, 4) is 5.69 Å². The number of aromatic nitrogens is 6. The summed E-state index contributed by atoms with van der Waals surface area (Å²) in [5.41, 5.74) is 5.12. The highest BCUT2D eigenvalue weighted by Crippen LogP contribution is 2.29. The molecule has 0 aliphatic carbocycles. The molecule has 9 nitrogen and oxygen atoms in total. The van der Waals surface area contributed by atoms with Crippen LogP contribution >= 0.6 is 0 Å². The van der Waals surface area contributed by atoms with Crippen molar-refractivity contribution < 1.29 is 4.79 Å². The lowest BCUT2D eigenvalue weighted by atomic mass is 10.2. The minimum absolute atomic E-state index is 0.122. The Kier molecular flexibility index (Phi) is 4.99. The smallest absolute Gasteiger partial charge is 0.230 e. The maximum Gasteiger partial charge on any atom is 0.230 e. The quantitative estimate of drug-likeness (QED) is 0.337. The molecule has 0 saturated carbocycles. The fraction of sp³-hybridized carbons (Fsp3) is 0.0769. The van der Waals surface area contributed by atoms with Gasteiger partial charge in [-0.1, -0.05) is 18.2 Å². The summed E-state index contributed by atoms with van der Waals surface area (Å²) in [6.07, 6.45) is 3.83. The van der Waals surface area contributed by atoms with E-state index in [0.29, 0.717) is 5.69 Å². The fourth-order valence-electron chi connectivity index (χ4n) is 4.16. The number of benzene rings is 3. The summed E-state index contributed by atoms with van der Waals surface area (Å²) in [6, 6.07) is 23.5. The third-order valence-electron chi connectivity index (χ3n) is 5.78. The molecule has 3 N–H and O–H groups in total. The monoisotopic (exact) mass is 462 g/mol. The van der Waals surface area contributed by atoms with Crippen LogP contribution in [-0.4, -0.2) is 35.7 Å². The van der Waals surface area contributed by atoms with Gasteiger partial charge in [-0.15, -0.1) is 5.10 Å². The number of carbonyl (C=O) groups is 1. The lowest BCUT2D eigenvalue weighted by Crippen LogP contribution is -2.15. The van der Waals surface area contributed by atoms with Gasteiger partial charge in [-0.3, -0.25) is 14.6 Å². The molecule has 3 aromatic carbocycles. The van der Waals surface area contributed by atoms with Gasteiger partial charge >= 0.3 is 0 Å². The Labute approximate surface area is 200 Å². The molecule has 6 rings (SSSR count). The van der Waals surface area contributed by atoms with Crippen molar-refractivity contribution in [1.29, 1.82) is 0 Å². The molecule has 3 aromatic heterocycles. The first-order valence-electron chi connectivity index (χ1n) is 11.2. The molecular formula is C26H22N8O. The van der Waals surface area contributed by atoms with Gasteiger partial charge < -0.3 is 10.6 Å². The number of amides is 1. The lowest BCUT2D eigenvalue weighted by molar-refractivity contribution is -0.115. The number of fused-ring (bicyclic) bond motifs is 2. The van der Waals surface area contributed by atoms with Crippen molar-refractivity contribution in [2.45, 2.75) is 6.42 Å². The first kappa shape index (κ1) is 20.7. The van der Waals surface area contributed by atoms with E-state index < -0.39 is 0 Å². The van der Waals surface area contributed by atoms with Crippen molar-refractivity contribution in [3.63, 3.8) is 0 Å². The number of carbonyl (C=O) groups excluding carboxylic acids is 1. The molecule has 172 valence electrons. The van der Waals surface area contributed by atoms with Gasteiger partial charge in [0.2, 0.25) is 5.91 Å². The maximum atomic E-state index is 12.5. The maximum absolute atomic E-state index is 12.5. The number of aromatic amines is 1. The van der Waals surface area contributed by atoms with Crippen LogP contribution in [0.15, 0.2) is 85.2 Å². The van der Waals surface area contributed by atoms with E-state index in [2.05, 4.69) is 25.9 Å². The molecule has 0 aliphatic heterocycles. The van der Waals surface area contributed by atoms with E-state index in [0.717, 1.165) is 44.7 Å². The Bertz CT molecular complexity index is 1680. The third-order valence-corrected chi connectivity index (χ3v) is 5.78. The largest absolute Gasteiger partial charge is 0.338 e. The Morgan fingerprint density at radius 2 is 1.89 bits per heavy atom. The number of hydrogen-bond donors (Lipinski definition) is 3. The summed E-state index contributed by atoms with van der Waals surface area (Å²) in [6.45, 7) is 0. The summed E-state index contributed by atoms with van der Waals surface area (Å²) in [7, 11) is 1.83. The number of nitrogens with one attached hydrogen (secondary N) is 3. The van der Waals surface area contributed by atoms with Crippen LogP contribution in [0.25, 0.3) is 27.5 Å².